The van der Waals surface area contributed by atoms with Crippen LogP contribution in [-0.2, 0) is 9.59 Å². The Balaban J connectivity index is 1.64. The number of ether oxygens (including phenoxy) is 2. The lowest BCUT2D eigenvalue weighted by Gasteiger charge is -2.11. The Labute approximate surface area is 215 Å². The molecule has 0 spiro atoms. The Morgan fingerprint density at radius 3 is 2.05 bits per heavy atom. The maximum absolute atomic E-state index is 12.4. The van der Waals surface area contributed by atoms with Gasteiger partial charge >= 0.3 is 17.8 Å². The maximum Gasteiger partial charge on any atom is 0.343 e. The molecule has 0 aliphatic rings. The van der Waals surface area contributed by atoms with E-state index in [9.17, 15) is 29.3 Å². The standard InChI is InChI=1S/C25H21N5O8/c1-14(28-29-24(33)23(32)27-18-8-3-15(4-9-18)22(26)31)17-7-12-20(21(13-17)37-2)38-25(34)16-5-10-19(11-6-16)30(35)36/h3-13H,1-2H3,(H2,26,31)(H,27,32)(H,29,33)/b28-14+. The topological polar surface area (TPSA) is 192 Å². The molecule has 0 heterocycles. The average molecular weight is 519 g/mol. The van der Waals surface area contributed by atoms with Crippen molar-refractivity contribution in [1.29, 1.82) is 0 Å². The minimum Gasteiger partial charge on any atom is -0.493 e. The first kappa shape index (κ1) is 27.0. The molecule has 194 valence electrons. The summed E-state index contributed by atoms with van der Waals surface area (Å²) in [5.74, 6) is -3.14. The molecular weight excluding hydrogens is 498 g/mol. The molecule has 0 unspecified atom stereocenters. The second-order valence-electron chi connectivity index (χ2n) is 7.59. The fraction of sp³-hybridized carbons (Fsp3) is 0.0800. The smallest absolute Gasteiger partial charge is 0.343 e. The van der Waals surface area contributed by atoms with Crippen LogP contribution < -0.4 is 25.9 Å². The Bertz CT molecular complexity index is 1430. The number of nitro groups is 1. The number of esters is 1. The van der Waals surface area contributed by atoms with Gasteiger partial charge in [-0.25, -0.2) is 10.2 Å². The van der Waals surface area contributed by atoms with Gasteiger partial charge in [0.2, 0.25) is 5.91 Å². The van der Waals surface area contributed by atoms with Crippen molar-refractivity contribution in [3.05, 3.63) is 93.5 Å². The van der Waals surface area contributed by atoms with E-state index in [1.165, 1.54) is 67.8 Å². The number of nitrogens with two attached hydrogens (primary N) is 1. The number of amides is 3. The number of hydrogen-bond donors (Lipinski definition) is 3. The highest BCUT2D eigenvalue weighted by Gasteiger charge is 2.17. The molecule has 0 atom stereocenters. The summed E-state index contributed by atoms with van der Waals surface area (Å²) in [6.07, 6.45) is 0. The molecule has 3 aromatic rings. The number of non-ortho nitro benzene ring substituents is 1. The lowest BCUT2D eigenvalue weighted by molar-refractivity contribution is -0.384. The van der Waals surface area contributed by atoms with E-state index in [4.69, 9.17) is 15.2 Å². The first-order valence-electron chi connectivity index (χ1n) is 10.8. The number of methoxy groups -OCH3 is 1. The van der Waals surface area contributed by atoms with E-state index in [0.717, 1.165) is 0 Å². The molecule has 13 nitrogen and oxygen atoms in total. The zero-order valence-corrected chi connectivity index (χ0v) is 20.1. The van der Waals surface area contributed by atoms with Crippen LogP contribution in [-0.4, -0.2) is 41.4 Å². The monoisotopic (exact) mass is 519 g/mol. The predicted molar refractivity (Wildman–Crippen MR) is 135 cm³/mol. The molecule has 0 bridgehead atoms. The fourth-order valence-electron chi connectivity index (χ4n) is 3.01. The van der Waals surface area contributed by atoms with Crippen LogP contribution in [0.1, 0.15) is 33.2 Å². The third-order valence-electron chi connectivity index (χ3n) is 5.06. The van der Waals surface area contributed by atoms with Gasteiger partial charge in [0.15, 0.2) is 11.5 Å². The van der Waals surface area contributed by atoms with Crippen LogP contribution in [0.5, 0.6) is 11.5 Å². The van der Waals surface area contributed by atoms with E-state index in [1.54, 1.807) is 13.0 Å². The van der Waals surface area contributed by atoms with Crippen LogP contribution in [0.3, 0.4) is 0 Å². The highest BCUT2D eigenvalue weighted by atomic mass is 16.6. The summed E-state index contributed by atoms with van der Waals surface area (Å²) in [4.78, 5) is 58.0. The molecule has 0 fully saturated rings. The SMILES string of the molecule is COc1cc(/C(C)=N/NC(=O)C(=O)Nc2ccc(C(N)=O)cc2)ccc1OC(=O)c1ccc([N+](=O)[O-])cc1. The molecule has 4 N–H and O–H groups in total. The van der Waals surface area contributed by atoms with Gasteiger partial charge in [-0.3, -0.25) is 24.5 Å². The van der Waals surface area contributed by atoms with Crippen molar-refractivity contribution < 1.29 is 33.6 Å². The Hall–Kier alpha value is -5.59. The fourth-order valence-corrected chi connectivity index (χ4v) is 3.01. The van der Waals surface area contributed by atoms with Crippen molar-refractivity contribution in [3.63, 3.8) is 0 Å². The quantitative estimate of drug-likeness (QED) is 0.101. The van der Waals surface area contributed by atoms with Crippen LogP contribution in [0.4, 0.5) is 11.4 Å². The van der Waals surface area contributed by atoms with Gasteiger partial charge in [0, 0.05) is 28.9 Å². The number of carbonyl (C=O) groups is 4. The molecule has 0 aliphatic carbocycles. The summed E-state index contributed by atoms with van der Waals surface area (Å²) >= 11 is 0. The molecule has 13 heteroatoms. The molecule has 0 aliphatic heterocycles. The summed E-state index contributed by atoms with van der Waals surface area (Å²) in [5, 5.41) is 17.0. The van der Waals surface area contributed by atoms with E-state index in [0.29, 0.717) is 11.3 Å². The molecule has 0 saturated heterocycles. The molecule has 0 saturated carbocycles. The summed E-state index contributed by atoms with van der Waals surface area (Å²) in [6, 6.07) is 15.0. The highest BCUT2D eigenvalue weighted by molar-refractivity contribution is 6.39. The average Bonchev–Trinajstić information content (AvgIpc) is 2.91. The number of nitro benzene ring substituents is 1. The normalized spacial score (nSPS) is 10.7. The first-order valence-corrected chi connectivity index (χ1v) is 10.8. The number of benzene rings is 3. The van der Waals surface area contributed by atoms with E-state index in [2.05, 4.69) is 15.8 Å². The summed E-state index contributed by atoms with van der Waals surface area (Å²) < 4.78 is 10.6. The lowest BCUT2D eigenvalue weighted by Crippen LogP contribution is -2.33. The second-order valence-corrected chi connectivity index (χ2v) is 7.59. The van der Waals surface area contributed by atoms with Crippen molar-refractivity contribution in [2.75, 3.05) is 12.4 Å². The van der Waals surface area contributed by atoms with Gasteiger partial charge in [-0.15, -0.1) is 0 Å². The predicted octanol–water partition coefficient (Wildman–Crippen LogP) is 2.40. The highest BCUT2D eigenvalue weighted by Crippen LogP contribution is 2.29. The van der Waals surface area contributed by atoms with E-state index >= 15 is 0 Å². The van der Waals surface area contributed by atoms with Crippen molar-refractivity contribution in [2.45, 2.75) is 6.92 Å². The third kappa shape index (κ3) is 6.75. The van der Waals surface area contributed by atoms with Crippen LogP contribution in [0, 0.1) is 10.1 Å². The largest absolute Gasteiger partial charge is 0.493 e. The van der Waals surface area contributed by atoms with Gasteiger partial charge in [0.25, 0.3) is 5.69 Å². The molecule has 38 heavy (non-hydrogen) atoms. The number of primary amides is 1. The molecule has 0 aromatic heterocycles. The van der Waals surface area contributed by atoms with E-state index in [-0.39, 0.29) is 34.0 Å². The van der Waals surface area contributed by atoms with Crippen molar-refractivity contribution in [1.82, 2.24) is 5.43 Å². The van der Waals surface area contributed by atoms with Gasteiger partial charge in [0.1, 0.15) is 0 Å². The van der Waals surface area contributed by atoms with Crippen molar-refractivity contribution in [2.24, 2.45) is 10.8 Å². The summed E-state index contributed by atoms with van der Waals surface area (Å²) in [5.41, 5.74) is 8.55. The Morgan fingerprint density at radius 2 is 1.47 bits per heavy atom. The molecule has 0 radical (unpaired) electrons. The van der Waals surface area contributed by atoms with Crippen LogP contribution in [0.15, 0.2) is 71.8 Å². The minimum atomic E-state index is -1.04. The molecule has 3 amide bonds. The maximum atomic E-state index is 12.4. The number of hydrogen-bond acceptors (Lipinski definition) is 9. The molecule has 3 aromatic carbocycles. The number of carbonyl (C=O) groups excluding carboxylic acids is 4. The number of anilines is 1. The lowest BCUT2D eigenvalue weighted by atomic mass is 10.1. The zero-order chi connectivity index (χ0) is 27.8. The van der Waals surface area contributed by atoms with Gasteiger partial charge in [-0.05, 0) is 61.5 Å². The second kappa shape index (κ2) is 11.9. The summed E-state index contributed by atoms with van der Waals surface area (Å²) in [6.45, 7) is 1.57. The summed E-state index contributed by atoms with van der Waals surface area (Å²) in [7, 11) is 1.36. The number of nitrogens with one attached hydrogen (secondary N) is 2. The van der Waals surface area contributed by atoms with Gasteiger partial charge in [-0.1, -0.05) is 0 Å². The number of hydrazone groups is 1. The van der Waals surface area contributed by atoms with Crippen molar-refractivity contribution in [3.8, 4) is 11.5 Å². The van der Waals surface area contributed by atoms with Crippen LogP contribution in [0.25, 0.3) is 0 Å². The zero-order valence-electron chi connectivity index (χ0n) is 20.1. The van der Waals surface area contributed by atoms with Crippen LogP contribution in [0.2, 0.25) is 0 Å². The third-order valence-corrected chi connectivity index (χ3v) is 5.06. The Kier molecular flexibility index (Phi) is 8.46. The van der Waals surface area contributed by atoms with E-state index < -0.39 is 28.6 Å². The van der Waals surface area contributed by atoms with Crippen LogP contribution >= 0.6 is 0 Å². The minimum absolute atomic E-state index is 0.0816. The van der Waals surface area contributed by atoms with E-state index in [1.807, 2.05) is 0 Å². The van der Waals surface area contributed by atoms with Gasteiger partial charge < -0.3 is 20.5 Å². The number of rotatable bonds is 8. The molecular formula is C25H21N5O8. The van der Waals surface area contributed by atoms with Crippen molar-refractivity contribution >= 4 is 40.8 Å². The first-order chi connectivity index (χ1) is 18.1. The Morgan fingerprint density at radius 1 is 0.868 bits per heavy atom. The van der Waals surface area contributed by atoms with Gasteiger partial charge in [-0.2, -0.15) is 5.10 Å². The molecule has 3 rings (SSSR count). The number of nitrogens with zero attached hydrogens (tertiary/aromatic N) is 2. The van der Waals surface area contributed by atoms with Gasteiger partial charge in [0.05, 0.1) is 23.3 Å².